The van der Waals surface area contributed by atoms with Gasteiger partial charge in [0.15, 0.2) is 5.82 Å². The largest absolute Gasteiger partial charge is 0.381 e. The Labute approximate surface area is 129 Å². The summed E-state index contributed by atoms with van der Waals surface area (Å²) < 4.78 is 24.7. The number of aromatic nitrogens is 2. The summed E-state index contributed by atoms with van der Waals surface area (Å²) in [6.45, 7) is 5.45. The topological polar surface area (TPSA) is 48.2 Å². The molecule has 5 heteroatoms. The molecule has 22 heavy (non-hydrogen) atoms. The number of nitrogens with zero attached hydrogens (tertiary/aromatic N) is 2. The molecule has 3 rings (SSSR count). The first-order valence-electron chi connectivity index (χ1n) is 7.77. The normalized spacial score (nSPS) is 17.8. The van der Waals surface area contributed by atoms with Crippen LogP contribution in [-0.2, 0) is 16.6 Å². The molecule has 1 aliphatic heterocycles. The summed E-state index contributed by atoms with van der Waals surface area (Å²) >= 11 is 0. The zero-order chi connectivity index (χ0) is 15.6. The van der Waals surface area contributed by atoms with Gasteiger partial charge in [0.25, 0.3) is 0 Å². The van der Waals surface area contributed by atoms with Crippen molar-refractivity contribution >= 4 is 0 Å². The fourth-order valence-electron chi connectivity index (χ4n) is 3.03. The summed E-state index contributed by atoms with van der Waals surface area (Å²) in [5.41, 5.74) is 0.443. The minimum absolute atomic E-state index is 0.245. The van der Waals surface area contributed by atoms with Crippen molar-refractivity contribution in [2.45, 2.75) is 38.5 Å². The van der Waals surface area contributed by atoms with Crippen molar-refractivity contribution in [3.8, 4) is 0 Å². The molecule has 0 unspecified atom stereocenters. The predicted octanol–water partition coefficient (Wildman–Crippen LogP) is 3.50. The molecule has 0 atom stereocenters. The van der Waals surface area contributed by atoms with Gasteiger partial charge in [0.2, 0.25) is 5.89 Å². The average Bonchev–Trinajstić information content (AvgIpc) is 2.96. The molecule has 0 bridgehead atoms. The molecule has 0 saturated carbocycles. The minimum Gasteiger partial charge on any atom is -0.381 e. The Morgan fingerprint density at radius 2 is 2.05 bits per heavy atom. The van der Waals surface area contributed by atoms with Crippen molar-refractivity contribution < 1.29 is 13.7 Å². The van der Waals surface area contributed by atoms with Crippen LogP contribution in [0.25, 0.3) is 0 Å². The maximum absolute atomic E-state index is 13.7. The van der Waals surface area contributed by atoms with Crippen molar-refractivity contribution in [1.82, 2.24) is 10.1 Å². The van der Waals surface area contributed by atoms with Crippen molar-refractivity contribution in [2.75, 3.05) is 13.2 Å². The molecule has 1 fully saturated rings. The predicted molar refractivity (Wildman–Crippen MR) is 80.1 cm³/mol. The van der Waals surface area contributed by atoms with Crippen LogP contribution in [0.5, 0.6) is 0 Å². The van der Waals surface area contributed by atoms with Gasteiger partial charge >= 0.3 is 0 Å². The molecule has 0 radical (unpaired) electrons. The number of hydrogen-bond acceptors (Lipinski definition) is 4. The molecule has 1 aliphatic rings. The van der Waals surface area contributed by atoms with Crippen molar-refractivity contribution in [1.29, 1.82) is 0 Å². The molecular formula is C17H21FN2O2. The summed E-state index contributed by atoms with van der Waals surface area (Å²) in [7, 11) is 0. The Bertz CT molecular complexity index is 633. The lowest BCUT2D eigenvalue weighted by atomic mass is 9.74. The van der Waals surface area contributed by atoms with Gasteiger partial charge in [0, 0.05) is 19.6 Å². The van der Waals surface area contributed by atoms with E-state index in [2.05, 4.69) is 24.0 Å². The van der Waals surface area contributed by atoms with E-state index in [0.29, 0.717) is 30.8 Å². The van der Waals surface area contributed by atoms with E-state index >= 15 is 0 Å². The van der Waals surface area contributed by atoms with E-state index in [1.54, 1.807) is 12.1 Å². The van der Waals surface area contributed by atoms with Gasteiger partial charge in [-0.25, -0.2) is 4.39 Å². The molecule has 2 aromatic rings. The second-order valence-corrected chi connectivity index (χ2v) is 6.32. The summed E-state index contributed by atoms with van der Waals surface area (Å²) in [5.74, 6) is 1.51. The maximum Gasteiger partial charge on any atom is 0.237 e. The molecule has 1 aromatic carbocycles. The second-order valence-electron chi connectivity index (χ2n) is 6.32. The van der Waals surface area contributed by atoms with Crippen LogP contribution >= 0.6 is 0 Å². The third kappa shape index (κ3) is 2.90. The first-order valence-corrected chi connectivity index (χ1v) is 7.77. The molecule has 1 saturated heterocycles. The SMILES string of the molecule is CC(C)Cc1noc(C2(c3cccc(F)c3)CCOCC2)n1. The number of benzene rings is 1. The molecule has 1 aromatic heterocycles. The molecule has 0 amide bonds. The zero-order valence-corrected chi connectivity index (χ0v) is 13.0. The fraction of sp³-hybridized carbons (Fsp3) is 0.529. The van der Waals surface area contributed by atoms with Crippen LogP contribution in [0.3, 0.4) is 0 Å². The number of ether oxygens (including phenoxy) is 1. The smallest absolute Gasteiger partial charge is 0.237 e. The highest BCUT2D eigenvalue weighted by Crippen LogP contribution is 2.40. The Hall–Kier alpha value is -1.75. The van der Waals surface area contributed by atoms with Crippen LogP contribution in [-0.4, -0.2) is 23.4 Å². The first-order chi connectivity index (χ1) is 10.6. The second kappa shape index (κ2) is 6.16. The number of halogens is 1. The quantitative estimate of drug-likeness (QED) is 0.867. The third-order valence-electron chi connectivity index (χ3n) is 4.19. The molecule has 0 N–H and O–H groups in total. The number of rotatable bonds is 4. The summed E-state index contributed by atoms with van der Waals surface area (Å²) in [6, 6.07) is 6.68. The Morgan fingerprint density at radius 3 is 2.73 bits per heavy atom. The minimum atomic E-state index is -0.442. The van der Waals surface area contributed by atoms with Gasteiger partial charge in [-0.05, 0) is 36.5 Å². The van der Waals surface area contributed by atoms with Crippen molar-refractivity contribution in [3.05, 3.63) is 47.4 Å². The van der Waals surface area contributed by atoms with E-state index in [1.165, 1.54) is 6.07 Å². The highest BCUT2D eigenvalue weighted by Gasteiger charge is 2.41. The van der Waals surface area contributed by atoms with Crippen molar-refractivity contribution in [2.24, 2.45) is 5.92 Å². The van der Waals surface area contributed by atoms with Gasteiger partial charge in [-0.1, -0.05) is 31.1 Å². The summed E-state index contributed by atoms with van der Waals surface area (Å²) in [6.07, 6.45) is 2.22. The van der Waals surface area contributed by atoms with E-state index in [-0.39, 0.29) is 5.82 Å². The van der Waals surface area contributed by atoms with E-state index in [9.17, 15) is 4.39 Å². The Kier molecular flexibility index (Phi) is 4.25. The van der Waals surface area contributed by atoms with E-state index in [0.717, 1.165) is 24.8 Å². The standard InChI is InChI=1S/C17H21FN2O2/c1-12(2)10-15-19-16(22-20-15)17(6-8-21-9-7-17)13-4-3-5-14(18)11-13/h3-5,11-12H,6-10H2,1-2H3. The highest BCUT2D eigenvalue weighted by atomic mass is 19.1. The summed E-state index contributed by atoms with van der Waals surface area (Å²) in [5, 5.41) is 4.10. The van der Waals surface area contributed by atoms with Gasteiger partial charge in [-0.3, -0.25) is 0 Å². The highest BCUT2D eigenvalue weighted by molar-refractivity contribution is 5.33. The van der Waals surface area contributed by atoms with Gasteiger partial charge in [-0.2, -0.15) is 4.98 Å². The van der Waals surface area contributed by atoms with E-state index < -0.39 is 5.41 Å². The first kappa shape index (κ1) is 15.2. The zero-order valence-electron chi connectivity index (χ0n) is 13.0. The van der Waals surface area contributed by atoms with Crippen LogP contribution < -0.4 is 0 Å². The fourth-order valence-corrected chi connectivity index (χ4v) is 3.03. The van der Waals surface area contributed by atoms with Crippen LogP contribution in [0.2, 0.25) is 0 Å². The molecule has 0 spiro atoms. The molecule has 118 valence electrons. The monoisotopic (exact) mass is 304 g/mol. The molecule has 4 nitrogen and oxygen atoms in total. The lowest BCUT2D eigenvalue weighted by Gasteiger charge is -2.34. The lowest BCUT2D eigenvalue weighted by Crippen LogP contribution is -2.35. The van der Waals surface area contributed by atoms with E-state index in [4.69, 9.17) is 9.26 Å². The lowest BCUT2D eigenvalue weighted by molar-refractivity contribution is 0.0522. The Morgan fingerprint density at radius 1 is 1.27 bits per heavy atom. The molecule has 0 aliphatic carbocycles. The molecule has 2 heterocycles. The Balaban J connectivity index is 2.00. The van der Waals surface area contributed by atoms with Crippen LogP contribution in [0.4, 0.5) is 4.39 Å². The van der Waals surface area contributed by atoms with Crippen LogP contribution in [0, 0.1) is 11.7 Å². The number of hydrogen-bond donors (Lipinski definition) is 0. The molecular weight excluding hydrogens is 283 g/mol. The van der Waals surface area contributed by atoms with Crippen LogP contribution in [0.15, 0.2) is 28.8 Å². The van der Waals surface area contributed by atoms with Crippen molar-refractivity contribution in [3.63, 3.8) is 0 Å². The van der Waals surface area contributed by atoms with Gasteiger partial charge in [0.05, 0.1) is 5.41 Å². The third-order valence-corrected chi connectivity index (χ3v) is 4.19. The van der Waals surface area contributed by atoms with E-state index in [1.807, 2.05) is 6.07 Å². The van der Waals surface area contributed by atoms with Gasteiger partial charge < -0.3 is 9.26 Å². The van der Waals surface area contributed by atoms with Crippen LogP contribution in [0.1, 0.15) is 44.0 Å². The van der Waals surface area contributed by atoms with Gasteiger partial charge in [0.1, 0.15) is 5.82 Å². The average molecular weight is 304 g/mol. The maximum atomic E-state index is 13.7. The van der Waals surface area contributed by atoms with Gasteiger partial charge in [-0.15, -0.1) is 0 Å². The summed E-state index contributed by atoms with van der Waals surface area (Å²) in [4.78, 5) is 4.60.